The van der Waals surface area contributed by atoms with Crippen molar-refractivity contribution in [2.45, 2.75) is 41.5 Å². The summed E-state index contributed by atoms with van der Waals surface area (Å²) >= 11 is 0. The summed E-state index contributed by atoms with van der Waals surface area (Å²) in [6.45, 7) is 12.2. The van der Waals surface area contributed by atoms with Gasteiger partial charge in [0.05, 0.1) is 0 Å². The predicted molar refractivity (Wildman–Crippen MR) is 152 cm³/mol. The molecule has 1 N–H and O–H groups in total. The molecule has 0 aliphatic carbocycles. The van der Waals surface area contributed by atoms with Crippen LogP contribution in [0.5, 0.6) is 5.75 Å². The molecule has 0 fully saturated rings. The van der Waals surface area contributed by atoms with Crippen LogP contribution in [0, 0.1) is 58.4 Å². The van der Waals surface area contributed by atoms with E-state index in [1.165, 1.54) is 11.1 Å². The number of aryl methyl sites for hydroxylation is 2. The molecule has 3 rings (SSSR count). The Morgan fingerprint density at radius 3 is 0.647 bits per heavy atom. The minimum atomic E-state index is 0. The van der Waals surface area contributed by atoms with Gasteiger partial charge in [-0.2, -0.15) is 0 Å². The monoisotopic (exact) mass is 695 g/mol. The third-order valence-corrected chi connectivity index (χ3v) is 2.64. The molecule has 0 bridgehead atoms. The number of phenolic OH excluding ortho intramolecular Hbond substituents is 1. The number of phenols is 1. The molecule has 0 saturated heterocycles. The summed E-state index contributed by atoms with van der Waals surface area (Å²) < 4.78 is 0. The van der Waals surface area contributed by atoms with Gasteiger partial charge < -0.3 is 49.7 Å². The Morgan fingerprint density at radius 2 is 0.559 bits per heavy atom. The van der Waals surface area contributed by atoms with Crippen LogP contribution in [-0.4, -0.2) is 5.11 Å². The Kier molecular flexibility index (Phi) is 122. The molecule has 193 valence electrons. The second-order valence-electron chi connectivity index (χ2n) is 4.64. The average Bonchev–Trinajstić information content (AvgIpc) is 2.68. The van der Waals surface area contributed by atoms with Crippen molar-refractivity contribution in [1.29, 1.82) is 0 Å². The Hall–Kier alpha value is 0.772. The van der Waals surface area contributed by atoms with E-state index in [4.69, 9.17) is 5.11 Å². The van der Waals surface area contributed by atoms with Crippen molar-refractivity contribution >= 4 is 0 Å². The summed E-state index contributed by atoms with van der Waals surface area (Å²) in [6, 6.07) is 29.2. The summed E-state index contributed by atoms with van der Waals surface area (Å²) in [5.41, 5.74) is 2.64. The Labute approximate surface area is 293 Å². The fraction of sp³-hybridized carbons (Fsp3) is 0.200. The topological polar surface area (TPSA) is 20.2 Å². The molecule has 0 aromatic heterocycles. The maximum atomic E-state index is 8.63. The summed E-state index contributed by atoms with van der Waals surface area (Å²) in [5.74, 6) is 0.322. The van der Waals surface area contributed by atoms with Gasteiger partial charge >= 0.3 is 0 Å². The number of rotatable bonds is 0. The Morgan fingerprint density at radius 1 is 0.382 bits per heavy atom. The van der Waals surface area contributed by atoms with Gasteiger partial charge in [0.15, 0.2) is 0 Å². The summed E-state index contributed by atoms with van der Waals surface area (Å²) in [5, 5.41) is 8.63. The van der Waals surface area contributed by atoms with Gasteiger partial charge in [-0.3, -0.25) is 0 Å². The molecule has 34 heavy (non-hydrogen) atoms. The predicted octanol–water partition coefficient (Wildman–Crippen LogP) is 10.1. The van der Waals surface area contributed by atoms with E-state index < -0.39 is 0 Å². The van der Waals surface area contributed by atoms with Crippen molar-refractivity contribution in [3.8, 4) is 5.75 Å². The number of benzene rings is 3. The zero-order chi connectivity index (χ0) is 19.3. The van der Waals surface area contributed by atoms with Crippen molar-refractivity contribution in [3.63, 3.8) is 0 Å². The quantitative estimate of drug-likeness (QED) is 0.232. The maximum absolute atomic E-state index is 8.63. The van der Waals surface area contributed by atoms with Gasteiger partial charge in [-0.25, -0.2) is 0 Å². The molecule has 1 nitrogen and oxygen atoms in total. The minimum absolute atomic E-state index is 0. The number of para-hydroxylation sites is 1. The van der Waals surface area contributed by atoms with Gasteiger partial charge in [-0.15, -0.1) is 0 Å². The first-order valence-electron chi connectivity index (χ1n) is 8.96. The van der Waals surface area contributed by atoms with Gasteiger partial charge in [0.25, 0.3) is 0 Å². The molecule has 0 spiro atoms. The fourth-order valence-electron chi connectivity index (χ4n) is 1.50. The molecule has 0 unspecified atom stereocenters. The van der Waals surface area contributed by atoms with Gasteiger partial charge in [-0.1, -0.05) is 118 Å². The molecule has 0 amide bonds. The number of hydrogen-bond donors (Lipinski definition) is 1. The van der Waals surface area contributed by atoms with Crippen LogP contribution in [-0.2, 0) is 98.1 Å². The van der Waals surface area contributed by atoms with Crippen molar-refractivity contribution in [2.75, 3.05) is 0 Å². The van der Waals surface area contributed by atoms with Gasteiger partial charge in [-0.05, 0) is 26.0 Å². The zero-order valence-electron chi connectivity index (χ0n) is 24.3. The molecule has 0 saturated carbocycles. The number of aromatic hydroxyl groups is 1. The third kappa shape index (κ3) is 53.9. The van der Waals surface area contributed by atoms with Crippen LogP contribution in [0.4, 0.5) is 0 Å². The maximum Gasteiger partial charge on any atom is 0.115 e. The summed E-state index contributed by atoms with van der Waals surface area (Å²) in [6.07, 6.45) is 0. The van der Waals surface area contributed by atoms with Crippen LogP contribution in [0.2, 0.25) is 0 Å². The smallest absolute Gasteiger partial charge is 0.115 e. The van der Waals surface area contributed by atoms with E-state index in [-0.39, 0.29) is 143 Å². The van der Waals surface area contributed by atoms with Gasteiger partial charge in [0.1, 0.15) is 5.75 Å². The largest absolute Gasteiger partial charge is 0.508 e. The normalized spacial score (nSPS) is 5.71. The molecule has 0 aliphatic rings. The van der Waals surface area contributed by atoms with E-state index >= 15 is 0 Å². The van der Waals surface area contributed by atoms with Crippen molar-refractivity contribution < 1.29 is 103 Å². The van der Waals surface area contributed by atoms with Crippen LogP contribution in [0.3, 0.4) is 0 Å². The molecule has 3 aromatic carbocycles. The zero-order valence-corrected chi connectivity index (χ0v) is 32.9. The molecule has 0 aliphatic heterocycles. The van der Waals surface area contributed by atoms with E-state index in [9.17, 15) is 0 Å². The van der Waals surface area contributed by atoms with Crippen molar-refractivity contribution in [1.82, 2.24) is 0 Å². The van der Waals surface area contributed by atoms with E-state index in [2.05, 4.69) is 38.1 Å². The van der Waals surface area contributed by atoms with Gasteiger partial charge in [0.2, 0.25) is 0 Å². The molecule has 3 aromatic rings. The van der Waals surface area contributed by atoms with Crippen molar-refractivity contribution in [2.24, 2.45) is 0 Å². The first-order chi connectivity index (χ1) is 12.2. The van der Waals surface area contributed by atoms with Crippen LogP contribution in [0.1, 0.15) is 38.8 Å². The SMILES string of the molecule is CC.CC.Cc1ccccc1.Cc1ccccc1.Oc1ccccc1.[CH3-].[CH3-].[CH3-].[CH3-].[CH3-].[CH3-].[Y].[Y].[Y]. The van der Waals surface area contributed by atoms with Crippen LogP contribution in [0.25, 0.3) is 0 Å². The second kappa shape index (κ2) is 59.1. The van der Waals surface area contributed by atoms with Gasteiger partial charge in [0, 0.05) is 98.1 Å². The second-order valence-corrected chi connectivity index (χ2v) is 4.64. The Balaban J connectivity index is -0.0000000215. The van der Waals surface area contributed by atoms with Crippen LogP contribution < -0.4 is 0 Å². The van der Waals surface area contributed by atoms with E-state index in [1.807, 2.05) is 70.2 Å². The van der Waals surface area contributed by atoms with E-state index in [1.54, 1.807) is 24.3 Å². The number of hydrogen-bond acceptors (Lipinski definition) is 1. The molecule has 0 atom stereocenters. The fourth-order valence-corrected chi connectivity index (χ4v) is 1.50. The van der Waals surface area contributed by atoms with Crippen LogP contribution in [0.15, 0.2) is 91.0 Å². The average molecular weight is 695 g/mol. The van der Waals surface area contributed by atoms with E-state index in [0.717, 1.165) is 0 Å². The Bertz CT molecular complexity index is 500. The first-order valence-corrected chi connectivity index (χ1v) is 8.96. The van der Waals surface area contributed by atoms with Crippen molar-refractivity contribution in [3.05, 3.63) is 147 Å². The van der Waals surface area contributed by atoms with E-state index in [0.29, 0.717) is 5.75 Å². The third-order valence-electron chi connectivity index (χ3n) is 2.64. The molecule has 0 heterocycles. The van der Waals surface area contributed by atoms with Crippen LogP contribution >= 0.6 is 0 Å². The first kappa shape index (κ1) is 70.2. The summed E-state index contributed by atoms with van der Waals surface area (Å²) in [7, 11) is 0. The molecular formula is C30H52OY3-6. The minimum Gasteiger partial charge on any atom is -0.508 e. The summed E-state index contributed by atoms with van der Waals surface area (Å²) in [4.78, 5) is 0. The standard InChI is InChI=1S/2C7H8.C6H6O.2C2H6.6CH3.3Y/c2*1-7-5-3-2-4-6-7;7-6-4-2-1-3-5-6;2*1-2;;;;;;;;;/h2*2-6H,1H3;1-5,7H;2*1-2H3;6*1H3;;;/q;;;;;6*-1;;;. The molecular weight excluding hydrogens is 643 g/mol. The molecule has 4 heteroatoms. The molecule has 3 radical (unpaired) electrons.